The molecule has 0 fully saturated rings. The minimum Gasteiger partial charge on any atom is -0.0849 e. The lowest BCUT2D eigenvalue weighted by Crippen LogP contribution is -2.53. The molecule has 0 spiro atoms. The highest BCUT2D eigenvalue weighted by atomic mass is 35.5. The van der Waals surface area contributed by atoms with Gasteiger partial charge in [0.2, 0.25) is 6.71 Å². The highest BCUT2D eigenvalue weighted by Gasteiger charge is 2.29. The third-order valence-corrected chi connectivity index (χ3v) is 5.55. The minimum absolute atomic E-state index is 0.372. The minimum atomic E-state index is -0.372. The fourth-order valence-corrected chi connectivity index (χ4v) is 3.93. The Balaban J connectivity index is 2.34. The summed E-state index contributed by atoms with van der Waals surface area (Å²) in [4.78, 5) is 0. The normalized spacial score (nSPS) is 10.8. The van der Waals surface area contributed by atoms with Gasteiger partial charge in [0.15, 0.2) is 0 Å². The van der Waals surface area contributed by atoms with E-state index in [1.54, 1.807) is 54.6 Å². The molecule has 0 aromatic heterocycles. The third kappa shape index (κ3) is 4.25. The molecule has 3 aromatic rings. The lowest BCUT2D eigenvalue weighted by molar-refractivity contribution is 1.70. The van der Waals surface area contributed by atoms with Gasteiger partial charge in [-0.15, -0.1) is 0 Å². The summed E-state index contributed by atoms with van der Waals surface area (Å²) in [6.07, 6.45) is 0. The van der Waals surface area contributed by atoms with Crippen LogP contribution in [0.1, 0.15) is 0 Å². The van der Waals surface area contributed by atoms with Gasteiger partial charge in [0.1, 0.15) is 0 Å². The van der Waals surface area contributed by atoms with Gasteiger partial charge in [-0.25, -0.2) is 0 Å². The zero-order valence-corrected chi connectivity index (χ0v) is 17.1. The molecule has 0 aliphatic carbocycles. The summed E-state index contributed by atoms with van der Waals surface area (Å²) in [6.45, 7) is -0.372. The van der Waals surface area contributed by atoms with E-state index in [1.165, 1.54) is 0 Å². The third-order valence-electron chi connectivity index (χ3n) is 3.81. The molecule has 0 aliphatic heterocycles. The topological polar surface area (TPSA) is 0 Å². The van der Waals surface area contributed by atoms with Crippen LogP contribution in [0.5, 0.6) is 0 Å². The molecule has 3 aromatic carbocycles. The molecule has 0 amide bonds. The molecular weight excluding hydrogens is 440 g/mol. The number of hydrogen-bond donors (Lipinski definition) is 0. The fourth-order valence-electron chi connectivity index (χ4n) is 2.71. The van der Waals surface area contributed by atoms with Crippen molar-refractivity contribution in [1.82, 2.24) is 0 Å². The van der Waals surface area contributed by atoms with Crippen LogP contribution in [0.25, 0.3) is 0 Å². The maximum atomic E-state index is 6.46. The van der Waals surface area contributed by atoms with E-state index in [0.29, 0.717) is 30.1 Å². The first-order chi connectivity index (χ1) is 11.9. The summed E-state index contributed by atoms with van der Waals surface area (Å²) < 4.78 is 0. The molecule has 0 saturated heterocycles. The molecule has 0 aliphatic rings. The van der Waals surface area contributed by atoms with Gasteiger partial charge in [0, 0.05) is 30.1 Å². The summed E-state index contributed by atoms with van der Waals surface area (Å²) >= 11 is 38.0. The van der Waals surface area contributed by atoms with Crippen LogP contribution < -0.4 is 16.4 Å². The SMILES string of the molecule is Clc1ccc(Cl)c(B(c2cc(Cl)ccc2Cl)c2cc(Cl)ccc2Cl)c1. The van der Waals surface area contributed by atoms with Crippen molar-refractivity contribution in [3.63, 3.8) is 0 Å². The van der Waals surface area contributed by atoms with Gasteiger partial charge >= 0.3 is 0 Å². The maximum Gasteiger partial charge on any atom is 0.247 e. The molecule has 3 rings (SSSR count). The second kappa shape index (κ2) is 8.00. The van der Waals surface area contributed by atoms with Gasteiger partial charge in [-0.05, 0) is 71.0 Å². The van der Waals surface area contributed by atoms with Gasteiger partial charge in [0.25, 0.3) is 0 Å². The Kier molecular flexibility index (Phi) is 6.16. The van der Waals surface area contributed by atoms with Gasteiger partial charge in [-0.3, -0.25) is 0 Å². The summed E-state index contributed by atoms with van der Waals surface area (Å²) in [5, 5.41) is 3.30. The molecule has 0 saturated carbocycles. The Morgan fingerprint density at radius 1 is 0.440 bits per heavy atom. The van der Waals surface area contributed by atoms with Crippen molar-refractivity contribution in [2.45, 2.75) is 0 Å². The molecule has 0 atom stereocenters. The highest BCUT2D eigenvalue weighted by molar-refractivity contribution is 6.98. The second-order valence-electron chi connectivity index (χ2n) is 5.43. The Morgan fingerprint density at radius 2 is 0.720 bits per heavy atom. The molecule has 0 heterocycles. The van der Waals surface area contributed by atoms with Crippen molar-refractivity contribution in [2.75, 3.05) is 0 Å². The van der Waals surface area contributed by atoms with E-state index >= 15 is 0 Å². The van der Waals surface area contributed by atoms with Gasteiger partial charge < -0.3 is 0 Å². The molecule has 0 N–H and O–H groups in total. The Hall–Kier alpha value is -0.535. The van der Waals surface area contributed by atoms with E-state index in [1.807, 2.05) is 0 Å². The summed E-state index contributed by atoms with van der Waals surface area (Å²) in [7, 11) is 0. The Labute approximate surface area is 176 Å². The Bertz CT molecular complexity index is 818. The van der Waals surface area contributed by atoms with E-state index in [-0.39, 0.29) is 6.71 Å². The molecule has 25 heavy (non-hydrogen) atoms. The first kappa shape index (κ1) is 19.2. The first-order valence-electron chi connectivity index (χ1n) is 7.21. The van der Waals surface area contributed by atoms with Gasteiger partial charge in [-0.1, -0.05) is 69.6 Å². The quantitative estimate of drug-likeness (QED) is 0.423. The van der Waals surface area contributed by atoms with Crippen molar-refractivity contribution >= 4 is 92.7 Å². The van der Waals surface area contributed by atoms with Crippen LogP contribution in [0.3, 0.4) is 0 Å². The summed E-state index contributed by atoms with van der Waals surface area (Å²) in [5.41, 5.74) is 2.30. The van der Waals surface area contributed by atoms with Crippen LogP contribution in [-0.4, -0.2) is 6.71 Å². The van der Waals surface area contributed by atoms with E-state index < -0.39 is 0 Å². The summed E-state index contributed by atoms with van der Waals surface area (Å²) in [6, 6.07) is 15.8. The standard InChI is InChI=1S/C18H9BCl6/c20-10-1-4-16(23)13(7-10)19(14-8-11(21)2-5-17(14)24)15-9-12(22)3-6-18(15)25/h1-9H. The second-order valence-corrected chi connectivity index (χ2v) is 7.96. The fraction of sp³-hybridized carbons (Fsp3) is 0. The maximum absolute atomic E-state index is 6.46. The molecule has 126 valence electrons. The van der Waals surface area contributed by atoms with Crippen LogP contribution in [-0.2, 0) is 0 Å². The van der Waals surface area contributed by atoms with Crippen molar-refractivity contribution in [3.05, 3.63) is 84.7 Å². The van der Waals surface area contributed by atoms with Crippen LogP contribution in [0, 0.1) is 0 Å². The Morgan fingerprint density at radius 3 is 1.00 bits per heavy atom. The van der Waals surface area contributed by atoms with E-state index in [4.69, 9.17) is 69.6 Å². The van der Waals surface area contributed by atoms with Crippen LogP contribution >= 0.6 is 69.6 Å². The van der Waals surface area contributed by atoms with Crippen molar-refractivity contribution in [2.24, 2.45) is 0 Å². The summed E-state index contributed by atoms with van der Waals surface area (Å²) in [5.74, 6) is 0. The van der Waals surface area contributed by atoms with E-state index in [9.17, 15) is 0 Å². The lowest BCUT2D eigenvalue weighted by Gasteiger charge is -2.20. The van der Waals surface area contributed by atoms with Crippen molar-refractivity contribution in [3.8, 4) is 0 Å². The molecular formula is C18H9BCl6. The number of halogens is 6. The highest BCUT2D eigenvalue weighted by Crippen LogP contribution is 2.20. The average Bonchev–Trinajstić information content (AvgIpc) is 2.57. The monoisotopic (exact) mass is 446 g/mol. The molecule has 0 nitrogen and oxygen atoms in total. The first-order valence-corrected chi connectivity index (χ1v) is 9.48. The predicted molar refractivity (Wildman–Crippen MR) is 114 cm³/mol. The van der Waals surface area contributed by atoms with Gasteiger partial charge in [-0.2, -0.15) is 0 Å². The molecule has 7 heteroatoms. The zero-order chi connectivity index (χ0) is 18.1. The molecule has 0 unspecified atom stereocenters. The number of hydrogen-bond acceptors (Lipinski definition) is 0. The van der Waals surface area contributed by atoms with Crippen molar-refractivity contribution < 1.29 is 0 Å². The molecule has 0 bridgehead atoms. The average molecular weight is 449 g/mol. The van der Waals surface area contributed by atoms with Crippen LogP contribution in [0.4, 0.5) is 0 Å². The molecule has 0 radical (unpaired) electrons. The zero-order valence-electron chi connectivity index (χ0n) is 12.5. The smallest absolute Gasteiger partial charge is 0.0849 e. The number of rotatable bonds is 3. The lowest BCUT2D eigenvalue weighted by atomic mass is 9.36. The van der Waals surface area contributed by atoms with Crippen LogP contribution in [0.15, 0.2) is 54.6 Å². The van der Waals surface area contributed by atoms with E-state index in [0.717, 1.165) is 16.4 Å². The van der Waals surface area contributed by atoms with E-state index in [2.05, 4.69) is 0 Å². The van der Waals surface area contributed by atoms with Crippen molar-refractivity contribution in [1.29, 1.82) is 0 Å². The predicted octanol–water partition coefficient (Wildman–Crippen LogP) is 6.12. The van der Waals surface area contributed by atoms with Gasteiger partial charge in [0.05, 0.1) is 0 Å². The largest absolute Gasteiger partial charge is 0.247 e. The van der Waals surface area contributed by atoms with Crippen LogP contribution in [0.2, 0.25) is 30.1 Å². The number of benzene rings is 3.